The Bertz CT molecular complexity index is 393. The van der Waals surface area contributed by atoms with Crippen molar-refractivity contribution in [1.29, 1.82) is 0 Å². The minimum Gasteiger partial charge on any atom is -0.481 e. The van der Waals surface area contributed by atoms with E-state index in [1.807, 2.05) is 30.3 Å². The van der Waals surface area contributed by atoms with E-state index in [1.54, 1.807) is 0 Å². The van der Waals surface area contributed by atoms with Gasteiger partial charge in [0.05, 0.1) is 17.2 Å². The van der Waals surface area contributed by atoms with E-state index in [-0.39, 0.29) is 0 Å². The van der Waals surface area contributed by atoms with Gasteiger partial charge in [0.2, 0.25) is 0 Å². The maximum atomic E-state index is 11.1. The number of nitrogens with zero attached hydrogens (tertiary/aromatic N) is 2. The number of aliphatic carboxylic acids is 1. The second kappa shape index (κ2) is 4.30. The molecule has 1 saturated heterocycles. The normalized spacial score (nSPS) is 24.4. The highest BCUT2D eigenvalue weighted by Gasteiger charge is 2.40. The number of rotatable bonds is 3. The molecule has 0 saturated carbocycles. The molecular formula is C11H12N2O3. The predicted molar refractivity (Wildman–Crippen MR) is 57.4 cm³/mol. The molecule has 0 amide bonds. The summed E-state index contributed by atoms with van der Waals surface area (Å²) in [6, 6.07) is 8.72. The molecule has 2 atom stereocenters. The lowest BCUT2D eigenvalue weighted by Crippen LogP contribution is -2.24. The van der Waals surface area contributed by atoms with Gasteiger partial charge in [-0.3, -0.25) is 9.80 Å². The van der Waals surface area contributed by atoms with Gasteiger partial charge < -0.3 is 5.11 Å². The number of hydrogen-bond acceptors (Lipinski definition) is 3. The molecule has 0 radical (unpaired) electrons. The first-order valence-electron chi connectivity index (χ1n) is 5.11. The van der Waals surface area contributed by atoms with E-state index < -0.39 is 17.9 Å². The van der Waals surface area contributed by atoms with Crippen molar-refractivity contribution in [2.24, 2.45) is 11.2 Å². The Morgan fingerprint density at radius 1 is 1.38 bits per heavy atom. The topological polar surface area (TPSA) is 70.0 Å². The van der Waals surface area contributed by atoms with Crippen LogP contribution in [0.5, 0.6) is 0 Å². The number of benzene rings is 1. The minimum atomic E-state index is -0.875. The first kappa shape index (κ1) is 10.6. The van der Waals surface area contributed by atoms with Crippen LogP contribution in [0.4, 0.5) is 0 Å². The number of hydrogen-bond donors (Lipinski definition) is 1. The molecule has 1 aromatic rings. The van der Waals surface area contributed by atoms with Crippen molar-refractivity contribution in [2.75, 3.05) is 6.54 Å². The molecule has 84 valence electrons. The third-order valence-electron chi connectivity index (χ3n) is 2.93. The fourth-order valence-corrected chi connectivity index (χ4v) is 2.18. The molecule has 1 heterocycles. The van der Waals surface area contributed by atoms with Gasteiger partial charge in [-0.15, -0.1) is 4.91 Å². The molecule has 1 aromatic carbocycles. The Balaban J connectivity index is 2.33. The van der Waals surface area contributed by atoms with E-state index >= 15 is 0 Å². The number of carbonyl (C=O) groups is 1. The summed E-state index contributed by atoms with van der Waals surface area (Å²) >= 11 is 0. The summed E-state index contributed by atoms with van der Waals surface area (Å²) in [6.45, 7) is 0.403. The highest BCUT2D eigenvalue weighted by atomic mass is 16.4. The van der Waals surface area contributed by atoms with Gasteiger partial charge >= 0.3 is 5.97 Å². The molecule has 5 heteroatoms. The monoisotopic (exact) mass is 220 g/mol. The molecule has 0 bridgehead atoms. The molecule has 0 aromatic heterocycles. The maximum absolute atomic E-state index is 11.1. The molecule has 1 aliphatic heterocycles. The Labute approximate surface area is 92.6 Å². The standard InChI is InChI=1S/C11H12N2O3/c14-11(15)9-6-7-13(12-16)10(9)8-4-2-1-3-5-8/h1-5,9-10H,6-7H2,(H,14,15). The summed E-state index contributed by atoms with van der Waals surface area (Å²) in [5.41, 5.74) is 0.826. The lowest BCUT2D eigenvalue weighted by atomic mass is 9.94. The van der Waals surface area contributed by atoms with E-state index in [4.69, 9.17) is 5.11 Å². The van der Waals surface area contributed by atoms with Crippen LogP contribution < -0.4 is 0 Å². The Morgan fingerprint density at radius 3 is 2.62 bits per heavy atom. The first-order chi connectivity index (χ1) is 7.74. The van der Waals surface area contributed by atoms with Crippen molar-refractivity contribution in [3.63, 3.8) is 0 Å². The highest BCUT2D eigenvalue weighted by Crippen LogP contribution is 2.37. The summed E-state index contributed by atoms with van der Waals surface area (Å²) in [7, 11) is 0. The van der Waals surface area contributed by atoms with Gasteiger partial charge in [-0.1, -0.05) is 30.3 Å². The fraction of sp³-hybridized carbons (Fsp3) is 0.364. The first-order valence-corrected chi connectivity index (χ1v) is 5.11. The number of carboxylic acid groups (broad SMARTS) is 1. The maximum Gasteiger partial charge on any atom is 0.309 e. The van der Waals surface area contributed by atoms with Crippen LogP contribution >= 0.6 is 0 Å². The van der Waals surface area contributed by atoms with Crippen LogP contribution in [0.25, 0.3) is 0 Å². The van der Waals surface area contributed by atoms with Crippen LogP contribution in [-0.4, -0.2) is 22.6 Å². The SMILES string of the molecule is O=NN1CCC(C(=O)O)C1c1ccccc1. The largest absolute Gasteiger partial charge is 0.481 e. The van der Waals surface area contributed by atoms with Gasteiger partial charge in [-0.05, 0) is 12.0 Å². The third-order valence-corrected chi connectivity index (χ3v) is 2.93. The fourth-order valence-electron chi connectivity index (χ4n) is 2.18. The third kappa shape index (κ3) is 1.76. The lowest BCUT2D eigenvalue weighted by molar-refractivity contribution is -0.142. The number of carboxylic acids is 1. The highest BCUT2D eigenvalue weighted by molar-refractivity contribution is 5.71. The zero-order valence-corrected chi connectivity index (χ0v) is 8.61. The summed E-state index contributed by atoms with van der Waals surface area (Å²) in [4.78, 5) is 21.7. The molecule has 16 heavy (non-hydrogen) atoms. The van der Waals surface area contributed by atoms with Crippen LogP contribution in [0.15, 0.2) is 35.6 Å². The van der Waals surface area contributed by atoms with Gasteiger partial charge in [0.1, 0.15) is 0 Å². The number of nitroso groups, excluding NO2 is 1. The van der Waals surface area contributed by atoms with Crippen molar-refractivity contribution in [3.05, 3.63) is 40.8 Å². The molecule has 2 unspecified atom stereocenters. The van der Waals surface area contributed by atoms with Crippen LogP contribution in [-0.2, 0) is 4.79 Å². The Morgan fingerprint density at radius 2 is 2.06 bits per heavy atom. The van der Waals surface area contributed by atoms with Gasteiger partial charge in [0, 0.05) is 6.54 Å². The smallest absolute Gasteiger partial charge is 0.309 e. The molecular weight excluding hydrogens is 208 g/mol. The second-order valence-corrected chi connectivity index (χ2v) is 3.83. The summed E-state index contributed by atoms with van der Waals surface area (Å²) in [5.74, 6) is -1.43. The zero-order chi connectivity index (χ0) is 11.5. The zero-order valence-electron chi connectivity index (χ0n) is 8.61. The summed E-state index contributed by atoms with van der Waals surface area (Å²) < 4.78 is 0. The van der Waals surface area contributed by atoms with Crippen molar-refractivity contribution < 1.29 is 9.90 Å². The van der Waals surface area contributed by atoms with Crippen LogP contribution in [0.2, 0.25) is 0 Å². The summed E-state index contributed by atoms with van der Waals surface area (Å²) in [5, 5.41) is 13.3. The van der Waals surface area contributed by atoms with Gasteiger partial charge in [0.15, 0.2) is 0 Å². The van der Waals surface area contributed by atoms with Gasteiger partial charge in [-0.25, -0.2) is 0 Å². The summed E-state index contributed by atoms with van der Waals surface area (Å²) in [6.07, 6.45) is 0.459. The van der Waals surface area contributed by atoms with Gasteiger partial charge in [0.25, 0.3) is 0 Å². The van der Waals surface area contributed by atoms with E-state index in [1.165, 1.54) is 5.01 Å². The molecule has 1 fully saturated rings. The van der Waals surface area contributed by atoms with Crippen LogP contribution in [0.1, 0.15) is 18.0 Å². The second-order valence-electron chi connectivity index (χ2n) is 3.83. The van der Waals surface area contributed by atoms with Crippen LogP contribution in [0.3, 0.4) is 0 Å². The van der Waals surface area contributed by atoms with Crippen molar-refractivity contribution >= 4 is 5.97 Å². The van der Waals surface area contributed by atoms with E-state index in [0.717, 1.165) is 5.56 Å². The van der Waals surface area contributed by atoms with Crippen LogP contribution in [0, 0.1) is 10.8 Å². The van der Waals surface area contributed by atoms with Crippen molar-refractivity contribution in [3.8, 4) is 0 Å². The quantitative estimate of drug-likeness (QED) is 0.789. The predicted octanol–water partition coefficient (Wildman–Crippen LogP) is 1.82. The molecule has 0 aliphatic carbocycles. The van der Waals surface area contributed by atoms with E-state index in [9.17, 15) is 9.70 Å². The Hall–Kier alpha value is -1.91. The van der Waals surface area contributed by atoms with Crippen molar-refractivity contribution in [2.45, 2.75) is 12.5 Å². The van der Waals surface area contributed by atoms with E-state index in [2.05, 4.69) is 5.29 Å². The average Bonchev–Trinajstić information content (AvgIpc) is 2.73. The molecule has 1 N–H and O–H groups in total. The molecule has 0 spiro atoms. The molecule has 5 nitrogen and oxygen atoms in total. The molecule has 1 aliphatic rings. The van der Waals surface area contributed by atoms with Crippen molar-refractivity contribution in [1.82, 2.24) is 5.01 Å². The molecule has 2 rings (SSSR count). The Kier molecular flexibility index (Phi) is 2.85. The average molecular weight is 220 g/mol. The lowest BCUT2D eigenvalue weighted by Gasteiger charge is -2.21. The van der Waals surface area contributed by atoms with Gasteiger partial charge in [-0.2, -0.15) is 0 Å². The minimum absolute atomic E-state index is 0.403. The van der Waals surface area contributed by atoms with E-state index in [0.29, 0.717) is 13.0 Å².